The van der Waals surface area contributed by atoms with Gasteiger partial charge >= 0.3 is 0 Å². The van der Waals surface area contributed by atoms with Crippen LogP contribution in [0, 0.1) is 0 Å². The Hall–Kier alpha value is -2.86. The molecule has 0 aliphatic heterocycles. The zero-order chi connectivity index (χ0) is 20.1. The molecular formula is C26H20ClOP. The van der Waals surface area contributed by atoms with Crippen molar-refractivity contribution in [3.05, 3.63) is 126 Å². The lowest BCUT2D eigenvalue weighted by atomic mass is 10.1. The first kappa shape index (κ1) is 19.5. The quantitative estimate of drug-likeness (QED) is 0.319. The highest BCUT2D eigenvalue weighted by atomic mass is 35.5. The van der Waals surface area contributed by atoms with Gasteiger partial charge in [0.2, 0.25) is 0 Å². The molecule has 0 aliphatic rings. The van der Waals surface area contributed by atoms with E-state index in [0.717, 1.165) is 15.9 Å². The fraction of sp³-hybridized carbons (Fsp3) is 0. The fourth-order valence-electron chi connectivity index (χ4n) is 3.57. The summed E-state index contributed by atoms with van der Waals surface area (Å²) < 4.78 is 0. The van der Waals surface area contributed by atoms with Crippen LogP contribution in [0.5, 0.6) is 0 Å². The van der Waals surface area contributed by atoms with E-state index in [1.807, 2.05) is 72.5 Å². The maximum absolute atomic E-state index is 13.5. The van der Waals surface area contributed by atoms with Crippen LogP contribution in [-0.2, 0) is 0 Å². The molecule has 0 aliphatic carbocycles. The lowest BCUT2D eigenvalue weighted by Gasteiger charge is -2.28. The number of halogens is 1. The summed E-state index contributed by atoms with van der Waals surface area (Å²) in [6, 6.07) is 38.1. The van der Waals surface area contributed by atoms with Gasteiger partial charge in [-0.05, 0) is 40.7 Å². The second kappa shape index (κ2) is 8.66. The van der Waals surface area contributed by atoms with Gasteiger partial charge in [-0.25, -0.2) is 0 Å². The smallest absolute Gasteiger partial charge is 0.188 e. The van der Waals surface area contributed by atoms with Gasteiger partial charge in [-0.2, -0.15) is 0 Å². The molecule has 1 nitrogen and oxygen atoms in total. The Labute approximate surface area is 176 Å². The predicted octanol–water partition coefficient (Wildman–Crippen LogP) is 5.32. The Morgan fingerprint density at radius 2 is 0.966 bits per heavy atom. The molecule has 0 N–H and O–H groups in total. The molecule has 0 heterocycles. The first-order chi connectivity index (χ1) is 14.2. The number of Topliss-reactive ketones (excluding diaryl/α,β-unsaturated/α-hetero) is 1. The summed E-state index contributed by atoms with van der Waals surface area (Å²) in [4.78, 5) is 13.5. The van der Waals surface area contributed by atoms with Crippen molar-refractivity contribution in [2.75, 3.05) is 0 Å². The van der Waals surface area contributed by atoms with Gasteiger partial charge in [-0.15, -0.1) is 0 Å². The van der Waals surface area contributed by atoms with Crippen LogP contribution in [0.3, 0.4) is 0 Å². The minimum absolute atomic E-state index is 0.0551. The molecule has 0 saturated carbocycles. The third-order valence-corrected chi connectivity index (χ3v) is 9.23. The summed E-state index contributed by atoms with van der Waals surface area (Å²) in [5.41, 5.74) is 0.529. The molecule has 0 bridgehead atoms. The van der Waals surface area contributed by atoms with Crippen LogP contribution in [0.15, 0.2) is 115 Å². The molecule has 0 spiro atoms. The molecule has 0 aromatic heterocycles. The highest BCUT2D eigenvalue weighted by Gasteiger charge is 2.26. The number of carbonyl (C=O) groups excluding carboxylic acids is 1. The maximum Gasteiger partial charge on any atom is 0.188 e. The minimum Gasteiger partial charge on any atom is -0.289 e. The Kier molecular flexibility index (Phi) is 5.81. The van der Waals surface area contributed by atoms with Gasteiger partial charge in [-0.1, -0.05) is 115 Å². The SMILES string of the molecule is O=C(C=P(c1ccccc1)(c1ccccc1)c1ccccc1)c1ccccc1Cl. The monoisotopic (exact) mass is 414 g/mol. The lowest BCUT2D eigenvalue weighted by Crippen LogP contribution is -2.28. The van der Waals surface area contributed by atoms with Crippen molar-refractivity contribution in [2.24, 2.45) is 0 Å². The van der Waals surface area contributed by atoms with Crippen molar-refractivity contribution in [1.29, 1.82) is 0 Å². The van der Waals surface area contributed by atoms with Gasteiger partial charge in [0.25, 0.3) is 0 Å². The number of benzene rings is 4. The summed E-state index contributed by atoms with van der Waals surface area (Å²) >= 11 is 6.36. The van der Waals surface area contributed by atoms with Gasteiger partial charge in [0.05, 0.1) is 5.02 Å². The van der Waals surface area contributed by atoms with Crippen molar-refractivity contribution >= 4 is 46.0 Å². The van der Waals surface area contributed by atoms with Gasteiger partial charge in [0.1, 0.15) is 0 Å². The Morgan fingerprint density at radius 3 is 1.38 bits per heavy atom. The predicted molar refractivity (Wildman–Crippen MR) is 127 cm³/mol. The van der Waals surface area contributed by atoms with Crippen molar-refractivity contribution in [2.45, 2.75) is 0 Å². The van der Waals surface area contributed by atoms with Gasteiger partial charge in [0.15, 0.2) is 5.78 Å². The highest BCUT2D eigenvalue weighted by Crippen LogP contribution is 2.44. The van der Waals surface area contributed by atoms with E-state index in [1.54, 1.807) is 12.1 Å². The highest BCUT2D eigenvalue weighted by molar-refractivity contribution is 7.95. The Morgan fingerprint density at radius 1 is 0.586 bits per heavy atom. The summed E-state index contributed by atoms with van der Waals surface area (Å²) in [6.07, 6.45) is 0. The number of hydrogen-bond donors (Lipinski definition) is 0. The van der Waals surface area contributed by atoms with Crippen LogP contribution in [0.1, 0.15) is 10.4 Å². The van der Waals surface area contributed by atoms with Gasteiger partial charge in [0, 0.05) is 5.56 Å². The molecule has 0 unspecified atom stereocenters. The largest absolute Gasteiger partial charge is 0.289 e. The third-order valence-electron chi connectivity index (χ3n) is 4.94. The zero-order valence-corrected chi connectivity index (χ0v) is 17.4. The molecule has 4 aromatic carbocycles. The molecule has 3 heteroatoms. The van der Waals surface area contributed by atoms with Crippen molar-refractivity contribution in [1.82, 2.24) is 0 Å². The van der Waals surface area contributed by atoms with E-state index >= 15 is 0 Å². The summed E-state index contributed by atoms with van der Waals surface area (Å²) in [7, 11) is 0. The van der Waals surface area contributed by atoms with E-state index in [2.05, 4.69) is 36.4 Å². The average molecular weight is 415 g/mol. The summed E-state index contributed by atoms with van der Waals surface area (Å²) in [5.74, 6) is 1.86. The lowest BCUT2D eigenvalue weighted by molar-refractivity contribution is 0.107. The zero-order valence-electron chi connectivity index (χ0n) is 15.8. The van der Waals surface area contributed by atoms with Crippen LogP contribution in [0.25, 0.3) is 0 Å². The van der Waals surface area contributed by atoms with Crippen molar-refractivity contribution < 1.29 is 4.79 Å². The second-order valence-corrected chi connectivity index (χ2v) is 10.4. The van der Waals surface area contributed by atoms with E-state index in [-0.39, 0.29) is 5.78 Å². The van der Waals surface area contributed by atoms with Crippen LogP contribution in [0.2, 0.25) is 5.02 Å². The molecule has 29 heavy (non-hydrogen) atoms. The first-order valence-electron chi connectivity index (χ1n) is 9.42. The molecule has 0 amide bonds. The molecular weight excluding hydrogens is 395 g/mol. The Balaban J connectivity index is 2.09. The topological polar surface area (TPSA) is 17.1 Å². The van der Waals surface area contributed by atoms with Crippen LogP contribution < -0.4 is 15.9 Å². The van der Waals surface area contributed by atoms with E-state index in [9.17, 15) is 4.79 Å². The molecule has 0 atom stereocenters. The van der Waals surface area contributed by atoms with Crippen LogP contribution in [0.4, 0.5) is 0 Å². The van der Waals surface area contributed by atoms with Crippen molar-refractivity contribution in [3.63, 3.8) is 0 Å². The maximum atomic E-state index is 13.5. The van der Waals surface area contributed by atoms with E-state index < -0.39 is 6.89 Å². The van der Waals surface area contributed by atoms with Gasteiger partial charge < -0.3 is 0 Å². The fourth-order valence-corrected chi connectivity index (χ4v) is 7.56. The van der Waals surface area contributed by atoms with E-state index in [4.69, 9.17) is 11.6 Å². The number of carbonyl (C=O) groups is 1. The first-order valence-corrected chi connectivity index (χ1v) is 11.7. The van der Waals surface area contributed by atoms with Crippen LogP contribution >= 0.6 is 18.5 Å². The third kappa shape index (κ3) is 3.85. The number of ketones is 1. The molecule has 4 aromatic rings. The molecule has 4 rings (SSSR count). The van der Waals surface area contributed by atoms with Crippen molar-refractivity contribution in [3.8, 4) is 0 Å². The minimum atomic E-state index is -2.33. The molecule has 142 valence electrons. The summed E-state index contributed by atoms with van der Waals surface area (Å²) in [6.45, 7) is -2.33. The molecule has 0 radical (unpaired) electrons. The molecule has 0 fully saturated rings. The molecule has 0 saturated heterocycles. The standard InChI is InChI=1S/C26H20ClOP/c27-25-19-11-10-18-24(25)26(28)20-29(21-12-4-1-5-13-21,22-14-6-2-7-15-22)23-16-8-3-9-17-23/h1-20H. The summed E-state index contributed by atoms with van der Waals surface area (Å²) in [5, 5.41) is 3.88. The number of rotatable bonds is 5. The van der Waals surface area contributed by atoms with Crippen LogP contribution in [-0.4, -0.2) is 11.6 Å². The average Bonchev–Trinajstić information content (AvgIpc) is 2.79. The second-order valence-electron chi connectivity index (χ2n) is 6.70. The van der Waals surface area contributed by atoms with Gasteiger partial charge in [-0.3, -0.25) is 4.79 Å². The normalized spacial score (nSPS) is 11.1. The van der Waals surface area contributed by atoms with E-state index in [0.29, 0.717) is 10.6 Å². The van der Waals surface area contributed by atoms with E-state index in [1.165, 1.54) is 0 Å². The Bertz CT molecular complexity index is 1070. The number of hydrogen-bond acceptors (Lipinski definition) is 1.